The number of carboxylic acid groups (broad SMARTS) is 1. The van der Waals surface area contributed by atoms with Crippen molar-refractivity contribution >= 4 is 23.6 Å². The molecule has 22 heavy (non-hydrogen) atoms. The van der Waals surface area contributed by atoms with Crippen LogP contribution in [-0.2, 0) is 4.79 Å². The molecule has 0 fully saturated rings. The van der Waals surface area contributed by atoms with E-state index in [1.54, 1.807) is 37.3 Å². The maximum Gasteiger partial charge on any atom is 0.337 e. The zero-order valence-corrected chi connectivity index (χ0v) is 11.8. The molecule has 112 valence electrons. The first-order chi connectivity index (χ1) is 10.5. The lowest BCUT2D eigenvalue weighted by Gasteiger charge is -2.08. The fourth-order valence-corrected chi connectivity index (χ4v) is 1.87. The number of halogens is 1. The van der Waals surface area contributed by atoms with Gasteiger partial charge in [0.05, 0.1) is 11.3 Å². The molecule has 0 aliphatic rings. The van der Waals surface area contributed by atoms with E-state index in [0.29, 0.717) is 11.1 Å². The summed E-state index contributed by atoms with van der Waals surface area (Å²) in [7, 11) is 0. The van der Waals surface area contributed by atoms with Gasteiger partial charge in [0.25, 0.3) is 5.91 Å². The summed E-state index contributed by atoms with van der Waals surface area (Å²) in [4.78, 5) is 23.2. The van der Waals surface area contributed by atoms with E-state index in [-0.39, 0.29) is 17.1 Å². The third-order valence-electron chi connectivity index (χ3n) is 3.02. The van der Waals surface area contributed by atoms with Crippen LogP contribution in [0, 0.1) is 5.82 Å². The topological polar surface area (TPSA) is 66.4 Å². The van der Waals surface area contributed by atoms with Crippen LogP contribution in [0.2, 0.25) is 0 Å². The number of anilines is 1. The van der Waals surface area contributed by atoms with Crippen LogP contribution in [0.15, 0.2) is 54.1 Å². The highest BCUT2D eigenvalue weighted by molar-refractivity contribution is 6.09. The molecule has 0 spiro atoms. The Balaban J connectivity index is 2.18. The van der Waals surface area contributed by atoms with Crippen molar-refractivity contribution in [3.8, 4) is 0 Å². The molecule has 0 aromatic heterocycles. The summed E-state index contributed by atoms with van der Waals surface area (Å²) < 4.78 is 12.8. The second-order valence-corrected chi connectivity index (χ2v) is 4.68. The molecule has 0 aliphatic carbocycles. The molecule has 0 aliphatic heterocycles. The third-order valence-corrected chi connectivity index (χ3v) is 3.02. The van der Waals surface area contributed by atoms with Gasteiger partial charge in [0.1, 0.15) is 5.82 Å². The van der Waals surface area contributed by atoms with Gasteiger partial charge in [-0.25, -0.2) is 9.18 Å². The van der Waals surface area contributed by atoms with Gasteiger partial charge in [-0.2, -0.15) is 0 Å². The lowest BCUT2D eigenvalue weighted by Crippen LogP contribution is -2.15. The molecule has 0 radical (unpaired) electrons. The normalized spacial score (nSPS) is 11.1. The van der Waals surface area contributed by atoms with E-state index in [0.717, 1.165) is 0 Å². The molecular weight excluding hydrogens is 285 g/mol. The Morgan fingerprint density at radius 2 is 1.73 bits per heavy atom. The van der Waals surface area contributed by atoms with Crippen molar-refractivity contribution in [2.24, 2.45) is 0 Å². The monoisotopic (exact) mass is 299 g/mol. The summed E-state index contributed by atoms with van der Waals surface area (Å²) in [6.45, 7) is 1.60. The molecule has 0 atom stereocenters. The van der Waals surface area contributed by atoms with E-state index in [9.17, 15) is 14.0 Å². The van der Waals surface area contributed by atoms with Crippen LogP contribution in [0.5, 0.6) is 0 Å². The van der Waals surface area contributed by atoms with Crippen molar-refractivity contribution in [1.29, 1.82) is 0 Å². The second kappa shape index (κ2) is 6.67. The van der Waals surface area contributed by atoms with Gasteiger partial charge in [-0.1, -0.05) is 24.3 Å². The first kappa shape index (κ1) is 15.4. The SMILES string of the molecule is C/C(=C\c1ccc(F)cc1)C(=O)Nc1ccccc1C(=O)O. The Kier molecular flexibility index (Phi) is 4.68. The van der Waals surface area contributed by atoms with E-state index in [1.807, 2.05) is 0 Å². The summed E-state index contributed by atoms with van der Waals surface area (Å²) in [6, 6.07) is 11.9. The predicted octanol–water partition coefficient (Wildman–Crippen LogP) is 3.57. The Labute approximate surface area is 126 Å². The maximum absolute atomic E-state index is 12.8. The van der Waals surface area contributed by atoms with Crippen LogP contribution in [0.1, 0.15) is 22.8 Å². The van der Waals surface area contributed by atoms with Crippen LogP contribution in [0.25, 0.3) is 6.08 Å². The van der Waals surface area contributed by atoms with Crippen LogP contribution in [0.3, 0.4) is 0 Å². The quantitative estimate of drug-likeness (QED) is 0.848. The van der Waals surface area contributed by atoms with E-state index >= 15 is 0 Å². The Morgan fingerprint density at radius 3 is 2.36 bits per heavy atom. The van der Waals surface area contributed by atoms with E-state index in [2.05, 4.69) is 5.32 Å². The number of para-hydroxylation sites is 1. The standard InChI is InChI=1S/C17H14FNO3/c1-11(10-12-6-8-13(18)9-7-12)16(20)19-15-5-3-2-4-14(15)17(21)22/h2-10H,1H3,(H,19,20)(H,21,22)/b11-10+. The number of carbonyl (C=O) groups is 2. The van der Waals surface area contributed by atoms with E-state index in [4.69, 9.17) is 5.11 Å². The van der Waals surface area contributed by atoms with Crippen molar-refractivity contribution in [2.45, 2.75) is 6.92 Å². The average molecular weight is 299 g/mol. The first-order valence-corrected chi connectivity index (χ1v) is 6.55. The highest BCUT2D eigenvalue weighted by Crippen LogP contribution is 2.16. The molecule has 4 nitrogen and oxygen atoms in total. The molecular formula is C17H14FNO3. The van der Waals surface area contributed by atoms with Crippen LogP contribution < -0.4 is 5.32 Å². The molecule has 2 N–H and O–H groups in total. The lowest BCUT2D eigenvalue weighted by atomic mass is 10.1. The molecule has 2 aromatic rings. The van der Waals surface area contributed by atoms with Crippen molar-refractivity contribution in [2.75, 3.05) is 5.32 Å². The molecule has 1 amide bonds. The van der Waals surface area contributed by atoms with Crippen molar-refractivity contribution in [3.63, 3.8) is 0 Å². The first-order valence-electron chi connectivity index (χ1n) is 6.55. The molecule has 2 rings (SSSR count). The Morgan fingerprint density at radius 1 is 1.09 bits per heavy atom. The number of aromatic carboxylic acids is 1. The van der Waals surface area contributed by atoms with Gasteiger partial charge in [-0.3, -0.25) is 4.79 Å². The van der Waals surface area contributed by atoms with Crippen LogP contribution in [0.4, 0.5) is 10.1 Å². The molecule has 5 heteroatoms. The number of benzene rings is 2. The number of hydrogen-bond acceptors (Lipinski definition) is 2. The fraction of sp³-hybridized carbons (Fsp3) is 0.0588. The summed E-state index contributed by atoms with van der Waals surface area (Å²) >= 11 is 0. The average Bonchev–Trinajstić information content (AvgIpc) is 2.49. The molecule has 0 heterocycles. The van der Waals surface area contributed by atoms with Crippen molar-refractivity contribution in [3.05, 3.63) is 71.0 Å². The van der Waals surface area contributed by atoms with Crippen molar-refractivity contribution in [1.82, 2.24) is 0 Å². The van der Waals surface area contributed by atoms with Gasteiger partial charge in [-0.05, 0) is 42.8 Å². The maximum atomic E-state index is 12.8. The number of hydrogen-bond donors (Lipinski definition) is 2. The van der Waals surface area contributed by atoms with E-state index in [1.165, 1.54) is 24.3 Å². The summed E-state index contributed by atoms with van der Waals surface area (Å²) in [5, 5.41) is 11.6. The van der Waals surface area contributed by atoms with E-state index < -0.39 is 11.9 Å². The van der Waals surface area contributed by atoms with Gasteiger partial charge in [0, 0.05) is 5.57 Å². The van der Waals surface area contributed by atoms with Gasteiger partial charge >= 0.3 is 5.97 Å². The van der Waals surface area contributed by atoms with Gasteiger partial charge in [0.15, 0.2) is 0 Å². The molecule has 2 aromatic carbocycles. The minimum Gasteiger partial charge on any atom is -0.478 e. The number of nitrogens with one attached hydrogen (secondary N) is 1. The minimum absolute atomic E-state index is 0.0189. The molecule has 0 bridgehead atoms. The summed E-state index contributed by atoms with van der Waals surface area (Å²) in [5.74, 6) is -1.89. The largest absolute Gasteiger partial charge is 0.478 e. The zero-order chi connectivity index (χ0) is 16.1. The fourth-order valence-electron chi connectivity index (χ4n) is 1.87. The summed E-state index contributed by atoms with van der Waals surface area (Å²) in [5.41, 5.74) is 1.31. The highest BCUT2D eigenvalue weighted by atomic mass is 19.1. The Hall–Kier alpha value is -2.95. The number of carbonyl (C=O) groups excluding carboxylic acids is 1. The number of rotatable bonds is 4. The van der Waals surface area contributed by atoms with Gasteiger partial charge in [-0.15, -0.1) is 0 Å². The third kappa shape index (κ3) is 3.79. The highest BCUT2D eigenvalue weighted by Gasteiger charge is 2.12. The molecule has 0 saturated heterocycles. The summed E-state index contributed by atoms with van der Waals surface area (Å²) in [6.07, 6.45) is 1.60. The number of amides is 1. The smallest absolute Gasteiger partial charge is 0.337 e. The predicted molar refractivity (Wildman–Crippen MR) is 82.1 cm³/mol. The minimum atomic E-state index is -1.11. The second-order valence-electron chi connectivity index (χ2n) is 4.68. The Bertz CT molecular complexity index is 736. The van der Waals surface area contributed by atoms with Crippen LogP contribution in [-0.4, -0.2) is 17.0 Å². The lowest BCUT2D eigenvalue weighted by molar-refractivity contribution is -0.112. The molecule has 0 unspecified atom stereocenters. The van der Waals surface area contributed by atoms with Crippen LogP contribution >= 0.6 is 0 Å². The van der Waals surface area contributed by atoms with Gasteiger partial charge in [0.2, 0.25) is 0 Å². The molecule has 0 saturated carbocycles. The zero-order valence-electron chi connectivity index (χ0n) is 11.8. The van der Waals surface area contributed by atoms with Crippen molar-refractivity contribution < 1.29 is 19.1 Å². The number of carboxylic acids is 1. The van der Waals surface area contributed by atoms with Gasteiger partial charge < -0.3 is 10.4 Å².